The Balaban J connectivity index is 0.000000380. The van der Waals surface area contributed by atoms with E-state index in [0.29, 0.717) is 5.56 Å². The van der Waals surface area contributed by atoms with Crippen LogP contribution in [0.1, 0.15) is 21.5 Å². The van der Waals surface area contributed by atoms with Crippen LogP contribution in [0, 0.1) is 0 Å². The van der Waals surface area contributed by atoms with Crippen LogP contribution in [0.3, 0.4) is 0 Å². The van der Waals surface area contributed by atoms with E-state index in [2.05, 4.69) is 51.4 Å². The lowest BCUT2D eigenvalue weighted by atomic mass is 10.1. The van der Waals surface area contributed by atoms with Gasteiger partial charge in [0.2, 0.25) is 15.9 Å². The van der Waals surface area contributed by atoms with Gasteiger partial charge in [-0.2, -0.15) is 0 Å². The number of aromatic nitrogens is 1. The lowest BCUT2D eigenvalue weighted by Crippen LogP contribution is -2.28. The Kier molecular flexibility index (Phi) is 6.95. The molecule has 0 spiro atoms. The van der Waals surface area contributed by atoms with Crippen LogP contribution in [0.2, 0.25) is 0 Å². The molecular weight excluding hydrogens is 366 g/mol. The molecule has 0 aliphatic heterocycles. The Labute approximate surface area is 158 Å². The molecule has 0 fully saturated rings. The largest absolute Gasteiger partial charge is 0.726 e. The second kappa shape index (κ2) is 9.18. The summed E-state index contributed by atoms with van der Waals surface area (Å²) in [6, 6.07) is 18.0. The molecule has 27 heavy (non-hydrogen) atoms. The Hall–Kier alpha value is -2.87. The molecule has 0 atom stereocenters. The van der Waals surface area contributed by atoms with Gasteiger partial charge in [0.15, 0.2) is 6.20 Å². The van der Waals surface area contributed by atoms with Gasteiger partial charge in [-0.15, -0.1) is 0 Å². The lowest BCUT2D eigenvalue weighted by Gasteiger charge is -2.01. The van der Waals surface area contributed by atoms with Gasteiger partial charge in [-0.25, -0.2) is 13.0 Å². The van der Waals surface area contributed by atoms with Gasteiger partial charge in [-0.1, -0.05) is 48.6 Å². The van der Waals surface area contributed by atoms with Crippen LogP contribution in [0.25, 0.3) is 23.1 Å². The fourth-order valence-corrected chi connectivity index (χ4v) is 2.40. The van der Waals surface area contributed by atoms with Crippen LogP contribution in [0.15, 0.2) is 60.8 Å². The molecule has 0 aliphatic carbocycles. The lowest BCUT2D eigenvalue weighted by molar-refractivity contribution is -0.644. The van der Waals surface area contributed by atoms with E-state index < -0.39 is 10.4 Å². The standard InChI is InChI=1S/C19H16NO.CH4O4S/c1-20-13-12-17(18-4-2-3-5-19(18)20)11-10-15-6-8-16(14-21)9-7-15;1-5-6(2,3)4/h2-14H,1H3;1H3,(H,2,3,4)/q+1;/p-1. The Bertz CT molecular complexity index is 1060. The monoisotopic (exact) mass is 385 g/mol. The highest BCUT2D eigenvalue weighted by atomic mass is 32.3. The van der Waals surface area contributed by atoms with Crippen molar-refractivity contribution in [3.8, 4) is 0 Å². The molecule has 0 amide bonds. The van der Waals surface area contributed by atoms with Gasteiger partial charge in [0.1, 0.15) is 13.3 Å². The molecule has 1 aromatic heterocycles. The number of benzene rings is 2. The molecule has 0 radical (unpaired) electrons. The van der Waals surface area contributed by atoms with Gasteiger partial charge in [0, 0.05) is 17.7 Å². The third-order valence-electron chi connectivity index (χ3n) is 3.80. The first-order chi connectivity index (χ1) is 12.8. The molecule has 0 saturated heterocycles. The molecular formula is C20H19NO5S. The molecule has 3 aromatic rings. The molecule has 0 N–H and O–H groups in total. The average Bonchev–Trinajstić information content (AvgIpc) is 2.68. The first-order valence-corrected chi connectivity index (χ1v) is 9.29. The smallest absolute Gasteiger partial charge is 0.217 e. The number of carbonyl (C=O) groups is 1. The summed E-state index contributed by atoms with van der Waals surface area (Å²) >= 11 is 0. The van der Waals surface area contributed by atoms with Crippen molar-refractivity contribution >= 4 is 39.7 Å². The predicted molar refractivity (Wildman–Crippen MR) is 103 cm³/mol. The third kappa shape index (κ3) is 6.10. The highest BCUT2D eigenvalue weighted by molar-refractivity contribution is 7.80. The van der Waals surface area contributed by atoms with Crippen molar-refractivity contribution in [2.24, 2.45) is 7.05 Å². The number of para-hydroxylation sites is 1. The van der Waals surface area contributed by atoms with Crippen molar-refractivity contribution in [1.82, 2.24) is 0 Å². The summed E-state index contributed by atoms with van der Waals surface area (Å²) < 4.78 is 33.1. The first-order valence-electron chi connectivity index (χ1n) is 7.96. The van der Waals surface area contributed by atoms with E-state index in [1.54, 1.807) is 0 Å². The van der Waals surface area contributed by atoms with Crippen molar-refractivity contribution in [1.29, 1.82) is 0 Å². The zero-order valence-corrected chi connectivity index (χ0v) is 15.7. The number of rotatable bonds is 4. The van der Waals surface area contributed by atoms with E-state index in [1.807, 2.05) is 37.4 Å². The average molecular weight is 385 g/mol. The van der Waals surface area contributed by atoms with Crippen LogP contribution >= 0.6 is 0 Å². The number of carbonyl (C=O) groups excluding carboxylic acids is 1. The number of fused-ring (bicyclic) bond motifs is 1. The number of hydrogen-bond donors (Lipinski definition) is 0. The predicted octanol–water partition coefficient (Wildman–Crippen LogP) is 2.74. The summed E-state index contributed by atoms with van der Waals surface area (Å²) in [5, 5.41) is 1.23. The van der Waals surface area contributed by atoms with E-state index >= 15 is 0 Å². The number of aryl methyl sites for hydroxylation is 1. The molecule has 0 unspecified atom stereocenters. The third-order valence-corrected chi connectivity index (χ3v) is 4.21. The minimum atomic E-state index is -4.41. The molecule has 0 aliphatic rings. The summed E-state index contributed by atoms with van der Waals surface area (Å²) in [5.41, 5.74) is 4.17. The number of pyridine rings is 1. The van der Waals surface area contributed by atoms with Crippen molar-refractivity contribution < 1.29 is 26.5 Å². The Morgan fingerprint density at radius 3 is 2.15 bits per heavy atom. The SMILES string of the molecule is COS(=O)(=O)[O-].C[n+]1ccc(C=Cc2ccc(C=O)cc2)c2ccccc21. The minimum Gasteiger partial charge on any atom is -0.726 e. The van der Waals surface area contributed by atoms with E-state index in [1.165, 1.54) is 16.5 Å². The Morgan fingerprint density at radius 2 is 1.56 bits per heavy atom. The van der Waals surface area contributed by atoms with Crippen molar-refractivity contribution in [2.75, 3.05) is 7.11 Å². The van der Waals surface area contributed by atoms with Crippen molar-refractivity contribution in [3.63, 3.8) is 0 Å². The molecule has 1 heterocycles. The van der Waals surface area contributed by atoms with E-state index in [-0.39, 0.29) is 0 Å². The van der Waals surface area contributed by atoms with E-state index in [9.17, 15) is 17.8 Å². The molecule has 7 heteroatoms. The van der Waals surface area contributed by atoms with Gasteiger partial charge in [0.05, 0.1) is 12.5 Å². The summed E-state index contributed by atoms with van der Waals surface area (Å²) in [6.07, 6.45) is 7.10. The molecule has 0 bridgehead atoms. The number of hydrogen-bond acceptors (Lipinski definition) is 5. The van der Waals surface area contributed by atoms with Crippen LogP contribution in [0.4, 0.5) is 0 Å². The van der Waals surface area contributed by atoms with Crippen molar-refractivity contribution in [2.45, 2.75) is 0 Å². The maximum absolute atomic E-state index is 10.7. The summed E-state index contributed by atoms with van der Waals surface area (Å²) in [5.74, 6) is 0. The van der Waals surface area contributed by atoms with E-state index in [0.717, 1.165) is 19.0 Å². The maximum Gasteiger partial charge on any atom is 0.217 e. The van der Waals surface area contributed by atoms with Gasteiger partial charge in [-0.3, -0.25) is 8.98 Å². The van der Waals surface area contributed by atoms with Gasteiger partial charge in [0.25, 0.3) is 0 Å². The Morgan fingerprint density at radius 1 is 0.963 bits per heavy atom. The van der Waals surface area contributed by atoms with Crippen LogP contribution in [0.5, 0.6) is 0 Å². The van der Waals surface area contributed by atoms with Gasteiger partial charge >= 0.3 is 0 Å². The summed E-state index contributed by atoms with van der Waals surface area (Å²) in [6.45, 7) is 0. The summed E-state index contributed by atoms with van der Waals surface area (Å²) in [4.78, 5) is 10.7. The number of aldehydes is 1. The quantitative estimate of drug-likeness (QED) is 0.298. The van der Waals surface area contributed by atoms with E-state index in [4.69, 9.17) is 0 Å². The van der Waals surface area contributed by atoms with Crippen LogP contribution < -0.4 is 4.57 Å². The molecule has 2 aromatic carbocycles. The van der Waals surface area contributed by atoms with Crippen LogP contribution in [-0.4, -0.2) is 26.4 Å². The van der Waals surface area contributed by atoms with Gasteiger partial charge in [-0.05, 0) is 17.2 Å². The van der Waals surface area contributed by atoms with Crippen LogP contribution in [-0.2, 0) is 21.6 Å². The fraction of sp³-hybridized carbons (Fsp3) is 0.100. The highest BCUT2D eigenvalue weighted by Crippen LogP contribution is 2.17. The second-order valence-corrected chi connectivity index (χ2v) is 6.74. The van der Waals surface area contributed by atoms with Crippen molar-refractivity contribution in [3.05, 3.63) is 77.5 Å². The zero-order chi connectivity index (χ0) is 19.9. The molecule has 3 rings (SSSR count). The fourth-order valence-electron chi connectivity index (χ4n) is 2.40. The topological polar surface area (TPSA) is 87.4 Å². The zero-order valence-electron chi connectivity index (χ0n) is 14.9. The number of nitrogens with zero attached hydrogens (tertiary/aromatic N) is 1. The molecule has 140 valence electrons. The molecule has 0 saturated carbocycles. The molecule has 6 nitrogen and oxygen atoms in total. The van der Waals surface area contributed by atoms with Gasteiger partial charge < -0.3 is 4.55 Å². The maximum atomic E-state index is 10.7. The summed E-state index contributed by atoms with van der Waals surface area (Å²) in [7, 11) is -1.55. The minimum absolute atomic E-state index is 0.698. The normalized spacial score (nSPS) is 11.2. The highest BCUT2D eigenvalue weighted by Gasteiger charge is 2.06. The first kappa shape index (κ1) is 20.4. The second-order valence-electron chi connectivity index (χ2n) is 5.59.